The van der Waals surface area contributed by atoms with E-state index < -0.39 is 16.1 Å². The van der Waals surface area contributed by atoms with Gasteiger partial charge in [0.2, 0.25) is 21.8 Å². The Morgan fingerprint density at radius 1 is 1.06 bits per heavy atom. The summed E-state index contributed by atoms with van der Waals surface area (Å²) in [6.45, 7) is 8.64. The molecule has 0 heterocycles. The van der Waals surface area contributed by atoms with Gasteiger partial charge >= 0.3 is 0 Å². The smallest absolute Gasteiger partial charge is 0.242 e. The van der Waals surface area contributed by atoms with Crippen molar-refractivity contribution in [2.75, 3.05) is 23.7 Å². The molecule has 2 amide bonds. The van der Waals surface area contributed by atoms with Crippen LogP contribution in [0.4, 0.5) is 5.69 Å². The summed E-state index contributed by atoms with van der Waals surface area (Å²) in [5.74, 6) is -0.374. The van der Waals surface area contributed by atoms with E-state index in [-0.39, 0.29) is 24.8 Å². The van der Waals surface area contributed by atoms with E-state index >= 15 is 0 Å². The number of hydrogen-bond donors (Lipinski definition) is 1. The second-order valence-corrected chi connectivity index (χ2v) is 10.6. The number of carbonyl (C=O) groups is 2. The SMILES string of the molecule is CCCNC(=O)[C@@H](C)N(Cc1ccccc1C)C(=O)CCCN(c1cccc(C)c1)S(C)(=O)=O. The van der Waals surface area contributed by atoms with Crippen LogP contribution in [0.3, 0.4) is 0 Å². The highest BCUT2D eigenvalue weighted by Crippen LogP contribution is 2.20. The minimum Gasteiger partial charge on any atom is -0.354 e. The number of hydrogen-bond acceptors (Lipinski definition) is 4. The third-order valence-corrected chi connectivity index (χ3v) is 6.95. The summed E-state index contributed by atoms with van der Waals surface area (Å²) in [5.41, 5.74) is 3.56. The number of aryl methyl sites for hydroxylation is 2. The van der Waals surface area contributed by atoms with E-state index in [1.807, 2.05) is 63.2 Å². The zero-order valence-corrected chi connectivity index (χ0v) is 21.7. The summed E-state index contributed by atoms with van der Waals surface area (Å²) in [7, 11) is -3.50. The number of anilines is 1. The number of carbonyl (C=O) groups excluding carboxylic acids is 2. The predicted molar refractivity (Wildman–Crippen MR) is 137 cm³/mol. The van der Waals surface area contributed by atoms with Crippen molar-refractivity contribution in [1.29, 1.82) is 0 Å². The highest BCUT2D eigenvalue weighted by molar-refractivity contribution is 7.92. The van der Waals surface area contributed by atoms with Crippen LogP contribution in [0.15, 0.2) is 48.5 Å². The molecular weight excluding hydrogens is 450 g/mol. The lowest BCUT2D eigenvalue weighted by Crippen LogP contribution is -2.48. The van der Waals surface area contributed by atoms with E-state index in [1.54, 1.807) is 17.9 Å². The molecule has 0 radical (unpaired) electrons. The van der Waals surface area contributed by atoms with Gasteiger partial charge in [0.15, 0.2) is 0 Å². The second kappa shape index (κ2) is 12.6. The first-order chi connectivity index (χ1) is 16.0. The zero-order chi connectivity index (χ0) is 25.3. The molecule has 0 aliphatic heterocycles. The Morgan fingerprint density at radius 3 is 2.38 bits per heavy atom. The maximum atomic E-state index is 13.3. The Labute approximate surface area is 204 Å². The summed E-state index contributed by atoms with van der Waals surface area (Å²) >= 11 is 0. The lowest BCUT2D eigenvalue weighted by Gasteiger charge is -2.30. The number of rotatable bonds is 12. The van der Waals surface area contributed by atoms with Gasteiger partial charge < -0.3 is 10.2 Å². The molecule has 0 saturated heterocycles. The van der Waals surface area contributed by atoms with Crippen LogP contribution in [0, 0.1) is 13.8 Å². The van der Waals surface area contributed by atoms with Crippen LogP contribution in [-0.2, 0) is 26.2 Å². The third-order valence-electron chi connectivity index (χ3n) is 5.76. The van der Waals surface area contributed by atoms with Crippen LogP contribution < -0.4 is 9.62 Å². The summed E-state index contributed by atoms with van der Waals surface area (Å²) in [4.78, 5) is 27.5. The van der Waals surface area contributed by atoms with Gasteiger partial charge in [0.05, 0.1) is 11.9 Å². The fourth-order valence-electron chi connectivity index (χ4n) is 3.74. The topological polar surface area (TPSA) is 86.8 Å². The molecule has 2 aromatic carbocycles. The quantitative estimate of drug-likeness (QED) is 0.493. The first-order valence-corrected chi connectivity index (χ1v) is 13.6. The number of nitrogens with one attached hydrogen (secondary N) is 1. The lowest BCUT2D eigenvalue weighted by molar-refractivity contribution is -0.140. The number of sulfonamides is 1. The van der Waals surface area contributed by atoms with Crippen LogP contribution in [0.2, 0.25) is 0 Å². The van der Waals surface area contributed by atoms with Gasteiger partial charge in [-0.05, 0) is 62.4 Å². The first-order valence-electron chi connectivity index (χ1n) is 11.7. The molecule has 7 nitrogen and oxygen atoms in total. The van der Waals surface area contributed by atoms with E-state index in [2.05, 4.69) is 5.32 Å². The van der Waals surface area contributed by atoms with Crippen molar-refractivity contribution in [1.82, 2.24) is 10.2 Å². The predicted octanol–water partition coefficient (Wildman–Crippen LogP) is 3.79. The van der Waals surface area contributed by atoms with Crippen LogP contribution in [-0.4, -0.2) is 50.5 Å². The number of nitrogens with zero attached hydrogens (tertiary/aromatic N) is 2. The second-order valence-electron chi connectivity index (χ2n) is 8.69. The fraction of sp³-hybridized carbons (Fsp3) is 0.462. The lowest BCUT2D eigenvalue weighted by atomic mass is 10.1. The average Bonchev–Trinajstić information content (AvgIpc) is 2.78. The average molecular weight is 488 g/mol. The molecular formula is C26H37N3O4S. The van der Waals surface area contributed by atoms with Gasteiger partial charge in [0, 0.05) is 26.1 Å². The highest BCUT2D eigenvalue weighted by Gasteiger charge is 2.26. The molecule has 1 atom stereocenters. The van der Waals surface area contributed by atoms with Gasteiger partial charge in [0.1, 0.15) is 6.04 Å². The van der Waals surface area contributed by atoms with Crippen molar-refractivity contribution < 1.29 is 18.0 Å². The largest absolute Gasteiger partial charge is 0.354 e. The molecule has 0 saturated carbocycles. The van der Waals surface area contributed by atoms with Gasteiger partial charge in [-0.1, -0.05) is 43.3 Å². The van der Waals surface area contributed by atoms with E-state index in [4.69, 9.17) is 0 Å². The highest BCUT2D eigenvalue weighted by atomic mass is 32.2. The van der Waals surface area contributed by atoms with E-state index in [0.717, 1.165) is 23.1 Å². The van der Waals surface area contributed by atoms with Gasteiger partial charge in [-0.2, -0.15) is 0 Å². The Hall–Kier alpha value is -2.87. The first kappa shape index (κ1) is 27.4. The summed E-state index contributed by atoms with van der Waals surface area (Å²) in [5, 5.41) is 2.87. The molecule has 2 aromatic rings. The molecule has 0 spiro atoms. The van der Waals surface area contributed by atoms with Gasteiger partial charge in [-0.15, -0.1) is 0 Å². The van der Waals surface area contributed by atoms with Crippen molar-refractivity contribution in [3.8, 4) is 0 Å². The molecule has 0 unspecified atom stereocenters. The molecule has 2 rings (SSSR count). The summed E-state index contributed by atoms with van der Waals surface area (Å²) in [6, 6.07) is 14.4. The van der Waals surface area contributed by atoms with Crippen LogP contribution >= 0.6 is 0 Å². The van der Waals surface area contributed by atoms with E-state index in [1.165, 1.54) is 10.6 Å². The maximum Gasteiger partial charge on any atom is 0.242 e. The van der Waals surface area contributed by atoms with Crippen LogP contribution in [0.1, 0.15) is 49.8 Å². The molecule has 0 aliphatic rings. The fourth-order valence-corrected chi connectivity index (χ4v) is 4.69. The van der Waals surface area contributed by atoms with E-state index in [0.29, 0.717) is 25.2 Å². The Bertz CT molecular complexity index is 1080. The van der Waals surface area contributed by atoms with Crippen LogP contribution in [0.5, 0.6) is 0 Å². The number of benzene rings is 2. The van der Waals surface area contributed by atoms with Crippen molar-refractivity contribution >= 4 is 27.5 Å². The molecule has 1 N–H and O–H groups in total. The standard InChI is InChI=1S/C26H37N3O4S/c1-6-16-27-26(31)22(4)28(19-23-13-8-7-12-21(23)3)25(30)15-10-17-29(34(5,32)33)24-14-9-11-20(2)18-24/h7-9,11-14,18,22H,6,10,15-17,19H2,1-5H3,(H,27,31)/t22-/m1/s1. The molecule has 0 aromatic heterocycles. The summed E-state index contributed by atoms with van der Waals surface area (Å²) in [6.07, 6.45) is 2.45. The molecule has 0 aliphatic carbocycles. The van der Waals surface area contributed by atoms with E-state index in [9.17, 15) is 18.0 Å². The van der Waals surface area contributed by atoms with Crippen molar-refractivity contribution in [2.24, 2.45) is 0 Å². The summed E-state index contributed by atoms with van der Waals surface area (Å²) < 4.78 is 26.1. The maximum absolute atomic E-state index is 13.3. The monoisotopic (exact) mass is 487 g/mol. The Balaban J connectivity index is 2.16. The van der Waals surface area contributed by atoms with Gasteiger partial charge in [-0.3, -0.25) is 13.9 Å². The molecule has 34 heavy (non-hydrogen) atoms. The van der Waals surface area contributed by atoms with Gasteiger partial charge in [0.25, 0.3) is 0 Å². The van der Waals surface area contributed by atoms with Crippen molar-refractivity contribution in [3.05, 3.63) is 65.2 Å². The van der Waals surface area contributed by atoms with Crippen LogP contribution in [0.25, 0.3) is 0 Å². The number of amides is 2. The Morgan fingerprint density at radius 2 is 1.76 bits per heavy atom. The third kappa shape index (κ3) is 7.87. The normalized spacial score (nSPS) is 12.1. The molecule has 0 bridgehead atoms. The zero-order valence-electron chi connectivity index (χ0n) is 20.9. The minimum absolute atomic E-state index is 0.134. The molecule has 8 heteroatoms. The minimum atomic E-state index is -3.50. The van der Waals surface area contributed by atoms with Crippen molar-refractivity contribution in [3.63, 3.8) is 0 Å². The van der Waals surface area contributed by atoms with Crippen molar-refractivity contribution in [2.45, 2.75) is 59.5 Å². The van der Waals surface area contributed by atoms with Gasteiger partial charge in [-0.25, -0.2) is 8.42 Å². The Kier molecular flexibility index (Phi) is 10.1. The molecule has 0 fully saturated rings. The molecule has 186 valence electrons.